The first kappa shape index (κ1) is 11.2. The second-order valence-corrected chi connectivity index (χ2v) is 4.71. The molecule has 0 aromatic heterocycles. The second-order valence-electron chi connectivity index (χ2n) is 2.41. The lowest BCUT2D eigenvalue weighted by molar-refractivity contribution is 0.340. The van der Waals surface area contributed by atoms with E-state index >= 15 is 0 Å². The Bertz CT molecular complexity index is 330. The van der Waals surface area contributed by atoms with Crippen molar-refractivity contribution in [3.05, 3.63) is 33.3 Å². The number of hydrogen-bond acceptors (Lipinski definition) is 2. The maximum absolute atomic E-state index is 10.6. The molecule has 1 aromatic carbocycles. The van der Waals surface area contributed by atoms with Crippen LogP contribution in [0.4, 0.5) is 0 Å². The predicted molar refractivity (Wildman–Crippen MR) is 58.0 cm³/mol. The van der Waals surface area contributed by atoms with E-state index in [1.165, 1.54) is 6.26 Å². The fourth-order valence-corrected chi connectivity index (χ4v) is 1.53. The summed E-state index contributed by atoms with van der Waals surface area (Å²) in [5, 5.41) is 0.628. The summed E-state index contributed by atoms with van der Waals surface area (Å²) in [5.74, 6) is 0. The summed E-state index contributed by atoms with van der Waals surface area (Å²) >= 11 is 7.89. The van der Waals surface area contributed by atoms with Gasteiger partial charge in [0, 0.05) is 10.7 Å². The Morgan fingerprint density at radius 2 is 2.31 bits per heavy atom. The first-order chi connectivity index (χ1) is 6.09. The third kappa shape index (κ3) is 3.77. The lowest BCUT2D eigenvalue weighted by Gasteiger charge is -2.02. The van der Waals surface area contributed by atoms with Gasteiger partial charge in [-0.05, 0) is 33.6 Å². The van der Waals surface area contributed by atoms with E-state index in [4.69, 9.17) is 15.8 Å². The zero-order chi connectivity index (χ0) is 9.84. The quantitative estimate of drug-likeness (QED) is 0.852. The molecule has 0 aliphatic rings. The molecule has 0 spiro atoms. The molecule has 0 fully saturated rings. The molecule has 0 aliphatic heterocycles. The molecule has 2 nitrogen and oxygen atoms in total. The molecule has 13 heavy (non-hydrogen) atoms. The molecule has 72 valence electrons. The Hall–Kier alpha value is 0.1000. The molecule has 0 radical (unpaired) electrons. The highest BCUT2D eigenvalue weighted by Gasteiger charge is 2.00. The smallest absolute Gasteiger partial charge is 0.152 e. The van der Waals surface area contributed by atoms with Crippen LogP contribution in [0, 0.1) is 0 Å². The molecule has 0 N–H and O–H groups in total. The maximum atomic E-state index is 10.6. The van der Waals surface area contributed by atoms with E-state index in [1.807, 2.05) is 12.1 Å². The number of benzene rings is 1. The number of rotatable bonds is 3. The normalized spacial score (nSPS) is 12.8. The van der Waals surface area contributed by atoms with Crippen LogP contribution in [0.25, 0.3) is 0 Å². The summed E-state index contributed by atoms with van der Waals surface area (Å²) in [5.41, 5.74) is 0.906. The minimum Gasteiger partial charge on any atom is -0.286 e. The molecule has 1 rings (SSSR count). The van der Waals surface area contributed by atoms with Crippen molar-refractivity contribution in [3.8, 4) is 0 Å². The number of halogens is 2. The van der Waals surface area contributed by atoms with Crippen LogP contribution in [-0.4, -0.2) is 10.5 Å². The van der Waals surface area contributed by atoms with Gasteiger partial charge in [0.2, 0.25) is 0 Å². The summed E-state index contributed by atoms with van der Waals surface area (Å²) in [6.07, 6.45) is 1.49. The molecule has 0 amide bonds. The van der Waals surface area contributed by atoms with Crippen molar-refractivity contribution in [2.24, 2.45) is 0 Å². The van der Waals surface area contributed by atoms with Gasteiger partial charge in [-0.3, -0.25) is 4.18 Å². The van der Waals surface area contributed by atoms with E-state index in [0.717, 1.165) is 10.0 Å². The fourth-order valence-electron chi connectivity index (χ4n) is 0.780. The predicted octanol–water partition coefficient (Wildman–Crippen LogP) is 2.91. The van der Waals surface area contributed by atoms with E-state index in [0.29, 0.717) is 11.6 Å². The van der Waals surface area contributed by atoms with Gasteiger partial charge in [0.25, 0.3) is 0 Å². The molecular weight excluding hydrogens is 276 g/mol. The summed E-state index contributed by atoms with van der Waals surface area (Å²) in [6, 6.07) is 5.47. The minimum atomic E-state index is -1.23. The topological polar surface area (TPSA) is 26.3 Å². The molecule has 5 heteroatoms. The van der Waals surface area contributed by atoms with Crippen LogP contribution in [0.3, 0.4) is 0 Å². The van der Waals surface area contributed by atoms with Crippen molar-refractivity contribution < 1.29 is 8.39 Å². The molecule has 1 unspecified atom stereocenters. The third-order valence-electron chi connectivity index (χ3n) is 1.38. The maximum Gasteiger partial charge on any atom is 0.152 e. The van der Waals surface area contributed by atoms with E-state index in [2.05, 4.69) is 15.9 Å². The van der Waals surface area contributed by atoms with Crippen LogP contribution >= 0.6 is 27.5 Å². The molecule has 1 atom stereocenters. The van der Waals surface area contributed by atoms with Crippen LogP contribution < -0.4 is 0 Å². The average molecular weight is 284 g/mol. The highest BCUT2D eigenvalue weighted by Crippen LogP contribution is 2.23. The highest BCUT2D eigenvalue weighted by molar-refractivity contribution is 9.10. The van der Waals surface area contributed by atoms with Gasteiger partial charge in [0.05, 0.1) is 11.6 Å². The Morgan fingerprint density at radius 1 is 1.62 bits per heavy atom. The molecule has 0 heterocycles. The van der Waals surface area contributed by atoms with Crippen molar-refractivity contribution in [2.75, 3.05) is 6.26 Å². The largest absolute Gasteiger partial charge is 0.286 e. The van der Waals surface area contributed by atoms with Gasteiger partial charge < -0.3 is 0 Å². The standard InChI is InChI=1S/C8H8BrClO2S/c1-13(11)12-5-6-2-3-7(9)8(10)4-6/h2-4H,5H2,1H3. The Labute approximate surface area is 93.0 Å². The van der Waals surface area contributed by atoms with Crippen LogP contribution in [0.5, 0.6) is 0 Å². The van der Waals surface area contributed by atoms with Gasteiger partial charge in [-0.15, -0.1) is 0 Å². The SMILES string of the molecule is CS(=O)OCc1ccc(Br)c(Cl)c1. The van der Waals surface area contributed by atoms with Crippen LogP contribution in [-0.2, 0) is 21.9 Å². The second kappa shape index (κ2) is 5.10. The van der Waals surface area contributed by atoms with Gasteiger partial charge in [0.15, 0.2) is 11.1 Å². The third-order valence-corrected chi connectivity index (χ3v) is 3.06. The summed E-state index contributed by atoms with van der Waals surface area (Å²) in [6.45, 7) is 0.316. The first-order valence-electron chi connectivity index (χ1n) is 3.50. The molecular formula is C8H8BrClO2S. The van der Waals surface area contributed by atoms with Gasteiger partial charge in [-0.1, -0.05) is 17.7 Å². The lowest BCUT2D eigenvalue weighted by atomic mass is 10.2. The highest BCUT2D eigenvalue weighted by atomic mass is 79.9. The van der Waals surface area contributed by atoms with Crippen molar-refractivity contribution in [1.29, 1.82) is 0 Å². The molecule has 1 aromatic rings. The summed E-state index contributed by atoms with van der Waals surface area (Å²) in [7, 11) is 0. The molecule has 0 saturated heterocycles. The van der Waals surface area contributed by atoms with Gasteiger partial charge in [0.1, 0.15) is 0 Å². The Morgan fingerprint density at radius 3 is 2.85 bits per heavy atom. The van der Waals surface area contributed by atoms with Crippen molar-refractivity contribution in [3.63, 3.8) is 0 Å². The lowest BCUT2D eigenvalue weighted by Crippen LogP contribution is -1.94. The fraction of sp³-hybridized carbons (Fsp3) is 0.250. The van der Waals surface area contributed by atoms with E-state index < -0.39 is 11.1 Å². The van der Waals surface area contributed by atoms with Gasteiger partial charge in [-0.2, -0.15) is 0 Å². The zero-order valence-electron chi connectivity index (χ0n) is 6.92. The first-order valence-corrected chi connectivity index (χ1v) is 6.15. The summed E-state index contributed by atoms with van der Waals surface area (Å²) < 4.78 is 16.4. The van der Waals surface area contributed by atoms with Crippen molar-refractivity contribution >= 4 is 38.6 Å². The number of hydrogen-bond donors (Lipinski definition) is 0. The van der Waals surface area contributed by atoms with Crippen LogP contribution in [0.15, 0.2) is 22.7 Å². The Balaban J connectivity index is 2.68. The Kier molecular flexibility index (Phi) is 4.38. The summed E-state index contributed by atoms with van der Waals surface area (Å²) in [4.78, 5) is 0. The zero-order valence-corrected chi connectivity index (χ0v) is 10.1. The van der Waals surface area contributed by atoms with Gasteiger partial charge in [-0.25, -0.2) is 4.21 Å². The van der Waals surface area contributed by atoms with E-state index in [1.54, 1.807) is 6.07 Å². The van der Waals surface area contributed by atoms with E-state index in [9.17, 15) is 4.21 Å². The molecule has 0 bridgehead atoms. The van der Waals surface area contributed by atoms with E-state index in [-0.39, 0.29) is 0 Å². The van der Waals surface area contributed by atoms with Crippen LogP contribution in [0.2, 0.25) is 5.02 Å². The van der Waals surface area contributed by atoms with Crippen molar-refractivity contribution in [1.82, 2.24) is 0 Å². The minimum absolute atomic E-state index is 0.316. The van der Waals surface area contributed by atoms with Crippen LogP contribution in [0.1, 0.15) is 5.56 Å². The average Bonchev–Trinajstić information content (AvgIpc) is 2.07. The molecule has 0 aliphatic carbocycles. The monoisotopic (exact) mass is 282 g/mol. The van der Waals surface area contributed by atoms with Crippen molar-refractivity contribution in [2.45, 2.75) is 6.61 Å². The molecule has 0 saturated carbocycles. The van der Waals surface area contributed by atoms with Gasteiger partial charge >= 0.3 is 0 Å².